The van der Waals surface area contributed by atoms with E-state index in [1.165, 1.54) is 17.0 Å². The average molecular weight is 459 g/mol. The molecule has 0 aromatic heterocycles. The minimum atomic E-state index is -4.36. The maximum atomic E-state index is 13.0. The van der Waals surface area contributed by atoms with Crippen LogP contribution in [0.1, 0.15) is 30.4 Å². The number of likely N-dealkylation sites (tertiary alicyclic amines) is 1. The Hall–Kier alpha value is -1.84. The highest BCUT2D eigenvalue weighted by molar-refractivity contribution is 6.35. The van der Waals surface area contributed by atoms with Crippen LogP contribution >= 0.6 is 11.6 Å². The first kappa shape index (κ1) is 22.4. The van der Waals surface area contributed by atoms with Crippen molar-refractivity contribution in [1.82, 2.24) is 20.0 Å². The molecule has 1 aromatic rings. The molecule has 0 radical (unpaired) electrons. The highest BCUT2D eigenvalue weighted by atomic mass is 35.5. The van der Waals surface area contributed by atoms with Crippen molar-refractivity contribution in [3.05, 3.63) is 35.4 Å². The topological polar surface area (TPSA) is 55.9 Å². The first-order chi connectivity index (χ1) is 14.6. The van der Waals surface area contributed by atoms with Gasteiger partial charge in [-0.15, -0.1) is 11.6 Å². The second-order valence-corrected chi connectivity index (χ2v) is 9.20. The molecule has 0 spiro atoms. The largest absolute Gasteiger partial charge is 0.416 e. The van der Waals surface area contributed by atoms with Crippen LogP contribution in [0.4, 0.5) is 13.2 Å². The number of carbonyl (C=O) groups is 2. The number of alkyl halides is 4. The number of benzene rings is 1. The molecule has 3 heterocycles. The van der Waals surface area contributed by atoms with E-state index >= 15 is 0 Å². The van der Waals surface area contributed by atoms with Crippen molar-refractivity contribution in [1.29, 1.82) is 0 Å². The van der Waals surface area contributed by atoms with Crippen LogP contribution in [0.3, 0.4) is 0 Å². The fraction of sp³-hybridized carbons (Fsp3) is 0.619. The number of carbonyl (C=O) groups excluding carboxylic acids is 2. The Morgan fingerprint density at radius 1 is 1.16 bits per heavy atom. The van der Waals surface area contributed by atoms with Crippen molar-refractivity contribution in [2.45, 2.75) is 55.6 Å². The monoisotopic (exact) mass is 458 g/mol. The second-order valence-electron chi connectivity index (χ2n) is 8.59. The van der Waals surface area contributed by atoms with Gasteiger partial charge in [0.05, 0.1) is 11.6 Å². The third-order valence-corrected chi connectivity index (χ3v) is 6.89. The third kappa shape index (κ3) is 4.54. The zero-order valence-corrected chi connectivity index (χ0v) is 18.0. The molecule has 0 saturated carbocycles. The fourth-order valence-corrected chi connectivity index (χ4v) is 5.18. The van der Waals surface area contributed by atoms with Crippen molar-refractivity contribution in [3.8, 4) is 0 Å². The predicted molar refractivity (Wildman–Crippen MR) is 109 cm³/mol. The molecule has 10 heteroatoms. The molecule has 1 aromatic carbocycles. The summed E-state index contributed by atoms with van der Waals surface area (Å²) < 4.78 is 38.9. The van der Waals surface area contributed by atoms with E-state index in [4.69, 9.17) is 11.6 Å². The van der Waals surface area contributed by atoms with Crippen molar-refractivity contribution in [2.75, 3.05) is 26.7 Å². The summed E-state index contributed by atoms with van der Waals surface area (Å²) in [5.41, 5.74) is -0.0327. The van der Waals surface area contributed by atoms with E-state index in [0.29, 0.717) is 51.0 Å². The molecule has 3 atom stereocenters. The van der Waals surface area contributed by atoms with Crippen LogP contribution in [0.5, 0.6) is 0 Å². The van der Waals surface area contributed by atoms with Crippen molar-refractivity contribution < 1.29 is 22.8 Å². The molecule has 1 N–H and O–H groups in total. The van der Waals surface area contributed by atoms with Crippen LogP contribution in [0, 0.1) is 0 Å². The van der Waals surface area contributed by atoms with Crippen molar-refractivity contribution in [2.24, 2.45) is 0 Å². The summed E-state index contributed by atoms with van der Waals surface area (Å²) in [6.07, 6.45) is -2.67. The van der Waals surface area contributed by atoms with Crippen molar-refractivity contribution >= 4 is 23.4 Å². The molecule has 170 valence electrons. The Kier molecular flexibility index (Phi) is 6.20. The second kappa shape index (κ2) is 8.60. The van der Waals surface area contributed by atoms with Gasteiger partial charge in [0.25, 0.3) is 0 Å². The molecule has 4 rings (SSSR count). The molecule has 0 bridgehead atoms. The Morgan fingerprint density at radius 3 is 2.55 bits per heavy atom. The summed E-state index contributed by atoms with van der Waals surface area (Å²) >= 11 is 6.27. The lowest BCUT2D eigenvalue weighted by molar-refractivity contribution is -0.167. The van der Waals surface area contributed by atoms with Gasteiger partial charge in [-0.05, 0) is 30.9 Å². The molecular formula is C21H26ClF3N4O2. The van der Waals surface area contributed by atoms with Gasteiger partial charge in [0.2, 0.25) is 0 Å². The number of nitrogens with one attached hydrogen (secondary N) is 1. The standard InChI is InChI=1S/C21H26ClF3N4O2/c1-27-17-10-15(22)11-26-18(17)29(20(31)19(27)30)16-5-7-28(8-6-16)12-13-3-2-4-14(9-13)21(23,24)25/h2-4,9,15-18,26H,5-8,10-12H2,1H3. The van der Waals surface area contributed by atoms with Gasteiger partial charge in [-0.2, -0.15) is 13.2 Å². The van der Waals surface area contributed by atoms with Crippen LogP contribution in [0.15, 0.2) is 24.3 Å². The fourth-order valence-electron chi connectivity index (χ4n) is 4.90. The van der Waals surface area contributed by atoms with Crippen molar-refractivity contribution in [3.63, 3.8) is 0 Å². The Morgan fingerprint density at radius 2 is 1.87 bits per heavy atom. The van der Waals surface area contributed by atoms with E-state index in [-0.39, 0.29) is 23.6 Å². The molecule has 3 aliphatic heterocycles. The van der Waals surface area contributed by atoms with Crippen LogP contribution in [0.25, 0.3) is 0 Å². The van der Waals surface area contributed by atoms with Crippen LogP contribution < -0.4 is 5.32 Å². The summed E-state index contributed by atoms with van der Waals surface area (Å²) in [5.74, 6) is -1.01. The van der Waals surface area contributed by atoms with E-state index in [9.17, 15) is 22.8 Å². The van der Waals surface area contributed by atoms with E-state index in [1.54, 1.807) is 18.0 Å². The molecule has 3 saturated heterocycles. The number of fused-ring (bicyclic) bond motifs is 1. The first-order valence-electron chi connectivity index (χ1n) is 10.5. The van der Waals surface area contributed by atoms with Gasteiger partial charge >= 0.3 is 18.0 Å². The molecule has 0 aliphatic carbocycles. The minimum Gasteiger partial charge on any atom is -0.331 e. The summed E-state index contributed by atoms with van der Waals surface area (Å²) in [4.78, 5) is 30.6. The summed E-state index contributed by atoms with van der Waals surface area (Å²) in [7, 11) is 1.64. The quantitative estimate of drug-likeness (QED) is 0.557. The number of hydrogen-bond donors (Lipinski definition) is 1. The maximum absolute atomic E-state index is 13.0. The lowest BCUT2D eigenvalue weighted by Gasteiger charge is -2.52. The van der Waals surface area contributed by atoms with Gasteiger partial charge in [-0.3, -0.25) is 19.8 Å². The zero-order valence-electron chi connectivity index (χ0n) is 17.2. The number of likely N-dealkylation sites (N-methyl/N-ethyl adjacent to an activating group) is 1. The Bertz CT molecular complexity index is 844. The molecule has 6 nitrogen and oxygen atoms in total. The first-order valence-corrected chi connectivity index (χ1v) is 10.9. The van der Waals surface area contributed by atoms with Gasteiger partial charge in [0.1, 0.15) is 6.17 Å². The summed E-state index contributed by atoms with van der Waals surface area (Å²) in [6.45, 7) is 2.28. The average Bonchev–Trinajstić information content (AvgIpc) is 2.73. The van der Waals surface area contributed by atoms with Gasteiger partial charge < -0.3 is 9.80 Å². The lowest BCUT2D eigenvalue weighted by atomic mass is 9.93. The van der Waals surface area contributed by atoms with Gasteiger partial charge in [-0.1, -0.05) is 18.2 Å². The number of hydrogen-bond acceptors (Lipinski definition) is 4. The van der Waals surface area contributed by atoms with E-state index in [0.717, 1.165) is 6.07 Å². The molecule has 2 amide bonds. The third-order valence-electron chi connectivity index (χ3n) is 6.56. The Labute approximate surface area is 184 Å². The number of piperidine rings is 2. The van der Waals surface area contributed by atoms with E-state index in [2.05, 4.69) is 10.2 Å². The van der Waals surface area contributed by atoms with Gasteiger partial charge in [0.15, 0.2) is 0 Å². The normalized spacial score (nSPS) is 28.7. The SMILES string of the molecule is CN1C(=O)C(=O)N(C2CCN(Cc3cccc(C(F)(F)F)c3)CC2)C2NCC(Cl)CC21. The molecule has 31 heavy (non-hydrogen) atoms. The number of rotatable bonds is 3. The highest BCUT2D eigenvalue weighted by Gasteiger charge is 2.49. The van der Waals surface area contributed by atoms with Gasteiger partial charge in [-0.25, -0.2) is 0 Å². The highest BCUT2D eigenvalue weighted by Crippen LogP contribution is 2.32. The minimum absolute atomic E-state index is 0.0882. The zero-order chi connectivity index (χ0) is 22.3. The molecule has 3 fully saturated rings. The smallest absolute Gasteiger partial charge is 0.331 e. The predicted octanol–water partition coefficient (Wildman–Crippen LogP) is 2.27. The van der Waals surface area contributed by atoms with E-state index < -0.39 is 23.6 Å². The van der Waals surface area contributed by atoms with Crippen LogP contribution in [-0.4, -0.2) is 76.8 Å². The summed E-state index contributed by atoms with van der Waals surface area (Å²) in [5, 5.41) is 3.23. The molecule has 3 unspecified atom stereocenters. The van der Waals surface area contributed by atoms with Crippen LogP contribution in [0.2, 0.25) is 0 Å². The number of halogens is 4. The van der Waals surface area contributed by atoms with E-state index in [1.807, 2.05) is 0 Å². The maximum Gasteiger partial charge on any atom is 0.416 e. The number of piperazine rings is 1. The number of amides is 2. The van der Waals surface area contributed by atoms with Crippen LogP contribution in [-0.2, 0) is 22.3 Å². The summed E-state index contributed by atoms with van der Waals surface area (Å²) in [6, 6.07) is 5.14. The number of nitrogens with zero attached hydrogens (tertiary/aromatic N) is 3. The van der Waals surface area contributed by atoms with Gasteiger partial charge in [0, 0.05) is 44.6 Å². The molecular weight excluding hydrogens is 433 g/mol. The Balaban J connectivity index is 1.41. The lowest BCUT2D eigenvalue weighted by Crippen LogP contribution is -2.73. The molecule has 3 aliphatic rings.